The lowest BCUT2D eigenvalue weighted by molar-refractivity contribution is -0.123. The van der Waals surface area contributed by atoms with Crippen LogP contribution in [0.2, 0.25) is 0 Å². The molecule has 0 bridgehead atoms. The normalized spacial score (nSPS) is 16.7. The minimum atomic E-state index is -0.436. The van der Waals surface area contributed by atoms with E-state index in [0.717, 1.165) is 5.56 Å². The first-order valence-corrected chi connectivity index (χ1v) is 7.87. The van der Waals surface area contributed by atoms with Crippen molar-refractivity contribution in [2.45, 2.75) is 13.8 Å². The summed E-state index contributed by atoms with van der Waals surface area (Å²) in [6.45, 7) is 4.59. The smallest absolute Gasteiger partial charge is 0.278 e. The number of aliphatic imine (C=N–C) groups is 1. The van der Waals surface area contributed by atoms with Crippen molar-refractivity contribution in [2.75, 3.05) is 12.3 Å². The fourth-order valence-corrected chi connectivity index (χ4v) is 2.72. The molecule has 2 rings (SSSR count). The standard InChI is InChI=1S/C14H19N5O2S/c1-9(2)6-19-13(21)11(4-10-5-16-18(3)7-10)17-14(19)22-8-12(15)20/h4-5,7,9H,6,8H2,1-3H3,(H2,15,20). The SMILES string of the molecule is CC(C)CN1C(=O)C(=Cc2cnn(C)c2)N=C1SCC(N)=O. The van der Waals surface area contributed by atoms with Crippen LogP contribution in [0, 0.1) is 5.92 Å². The Labute approximate surface area is 133 Å². The highest BCUT2D eigenvalue weighted by Crippen LogP contribution is 2.24. The zero-order valence-corrected chi connectivity index (χ0v) is 13.6. The number of thioether (sulfide) groups is 1. The molecule has 1 aliphatic heterocycles. The highest BCUT2D eigenvalue weighted by molar-refractivity contribution is 8.14. The van der Waals surface area contributed by atoms with Crippen LogP contribution in [-0.2, 0) is 16.6 Å². The highest BCUT2D eigenvalue weighted by atomic mass is 32.2. The van der Waals surface area contributed by atoms with Crippen molar-refractivity contribution in [2.24, 2.45) is 23.7 Å². The van der Waals surface area contributed by atoms with Gasteiger partial charge in [0.1, 0.15) is 5.70 Å². The Kier molecular flexibility index (Phi) is 5.02. The van der Waals surface area contributed by atoms with E-state index < -0.39 is 5.91 Å². The van der Waals surface area contributed by atoms with Gasteiger partial charge in [0.15, 0.2) is 5.17 Å². The van der Waals surface area contributed by atoms with Gasteiger partial charge in [-0.15, -0.1) is 0 Å². The molecule has 0 radical (unpaired) electrons. The Morgan fingerprint density at radius 3 is 2.77 bits per heavy atom. The van der Waals surface area contributed by atoms with Gasteiger partial charge in [-0.2, -0.15) is 5.10 Å². The Bertz CT molecular complexity index is 647. The molecule has 2 heterocycles. The molecule has 0 fully saturated rings. The van der Waals surface area contributed by atoms with Crippen molar-refractivity contribution >= 4 is 34.8 Å². The van der Waals surface area contributed by atoms with Crippen molar-refractivity contribution in [3.8, 4) is 0 Å². The first-order valence-electron chi connectivity index (χ1n) is 6.89. The maximum absolute atomic E-state index is 12.5. The summed E-state index contributed by atoms with van der Waals surface area (Å²) in [5, 5.41) is 4.58. The summed E-state index contributed by atoms with van der Waals surface area (Å²) in [5.74, 6) is -0.208. The van der Waals surface area contributed by atoms with Gasteiger partial charge in [-0.05, 0) is 12.0 Å². The quantitative estimate of drug-likeness (QED) is 0.813. The van der Waals surface area contributed by atoms with E-state index in [0.29, 0.717) is 23.3 Å². The fraction of sp³-hybridized carbons (Fsp3) is 0.429. The number of amidine groups is 1. The second kappa shape index (κ2) is 6.78. The summed E-state index contributed by atoms with van der Waals surface area (Å²) in [6, 6.07) is 0. The second-order valence-corrected chi connectivity index (χ2v) is 6.38. The summed E-state index contributed by atoms with van der Waals surface area (Å²) in [7, 11) is 1.81. The average Bonchev–Trinajstić information content (AvgIpc) is 2.95. The van der Waals surface area contributed by atoms with Crippen molar-refractivity contribution in [3.05, 3.63) is 23.7 Å². The third-order valence-corrected chi connectivity index (χ3v) is 3.83. The van der Waals surface area contributed by atoms with Gasteiger partial charge in [0, 0.05) is 25.4 Å². The van der Waals surface area contributed by atoms with Crippen LogP contribution >= 0.6 is 11.8 Å². The second-order valence-electron chi connectivity index (χ2n) is 5.44. The van der Waals surface area contributed by atoms with Crippen LogP contribution in [0.5, 0.6) is 0 Å². The molecule has 0 aromatic carbocycles. The zero-order chi connectivity index (χ0) is 16.3. The van der Waals surface area contributed by atoms with E-state index in [-0.39, 0.29) is 11.7 Å². The van der Waals surface area contributed by atoms with E-state index in [2.05, 4.69) is 10.1 Å². The molecule has 1 aromatic rings. The molecule has 0 spiro atoms. The maximum Gasteiger partial charge on any atom is 0.278 e. The topological polar surface area (TPSA) is 93.6 Å². The lowest BCUT2D eigenvalue weighted by atomic mass is 10.2. The lowest BCUT2D eigenvalue weighted by Crippen LogP contribution is -2.34. The highest BCUT2D eigenvalue weighted by Gasteiger charge is 2.31. The number of amides is 2. The number of rotatable bonds is 5. The van der Waals surface area contributed by atoms with E-state index in [9.17, 15) is 9.59 Å². The molecule has 2 amide bonds. The number of nitrogens with zero attached hydrogens (tertiary/aromatic N) is 4. The van der Waals surface area contributed by atoms with Crippen LogP contribution in [0.3, 0.4) is 0 Å². The number of carbonyl (C=O) groups is 2. The Morgan fingerprint density at radius 2 is 2.23 bits per heavy atom. The molecule has 2 N–H and O–H groups in total. The number of primary amides is 1. The average molecular weight is 321 g/mol. The molecule has 0 unspecified atom stereocenters. The molecule has 7 nitrogen and oxygen atoms in total. The van der Waals surface area contributed by atoms with E-state index in [1.54, 1.807) is 35.1 Å². The largest absolute Gasteiger partial charge is 0.369 e. The predicted octanol–water partition coefficient (Wildman–Crippen LogP) is 0.834. The number of hydrogen-bond acceptors (Lipinski definition) is 5. The van der Waals surface area contributed by atoms with E-state index in [1.165, 1.54) is 11.8 Å². The molecule has 0 saturated carbocycles. The molecule has 0 aliphatic carbocycles. The van der Waals surface area contributed by atoms with Gasteiger partial charge in [-0.25, -0.2) is 4.99 Å². The lowest BCUT2D eigenvalue weighted by Gasteiger charge is -2.19. The maximum atomic E-state index is 12.5. The van der Waals surface area contributed by atoms with Crippen molar-refractivity contribution < 1.29 is 9.59 Å². The van der Waals surface area contributed by atoms with E-state index in [4.69, 9.17) is 5.73 Å². The molecular formula is C14H19N5O2S. The number of aromatic nitrogens is 2. The van der Waals surface area contributed by atoms with Crippen LogP contribution in [0.1, 0.15) is 19.4 Å². The van der Waals surface area contributed by atoms with Gasteiger partial charge >= 0.3 is 0 Å². The van der Waals surface area contributed by atoms with E-state index >= 15 is 0 Å². The fourth-order valence-electron chi connectivity index (χ4n) is 1.97. The van der Waals surface area contributed by atoms with Crippen LogP contribution in [-0.4, -0.2) is 44.0 Å². The van der Waals surface area contributed by atoms with Gasteiger partial charge in [0.05, 0.1) is 11.9 Å². The summed E-state index contributed by atoms with van der Waals surface area (Å²) in [6.07, 6.45) is 5.16. The summed E-state index contributed by atoms with van der Waals surface area (Å²) in [4.78, 5) is 29.4. The number of hydrogen-bond donors (Lipinski definition) is 1. The van der Waals surface area contributed by atoms with E-state index in [1.807, 2.05) is 13.8 Å². The zero-order valence-electron chi connectivity index (χ0n) is 12.8. The summed E-state index contributed by atoms with van der Waals surface area (Å²) in [5.41, 5.74) is 6.32. The first kappa shape index (κ1) is 16.3. The minimum absolute atomic E-state index is 0.0981. The molecule has 0 saturated heterocycles. The van der Waals surface area contributed by atoms with Crippen LogP contribution in [0.4, 0.5) is 0 Å². The monoisotopic (exact) mass is 321 g/mol. The third kappa shape index (κ3) is 3.97. The summed E-state index contributed by atoms with van der Waals surface area (Å²) < 4.78 is 1.66. The van der Waals surface area contributed by atoms with Crippen molar-refractivity contribution in [3.63, 3.8) is 0 Å². The Hall–Kier alpha value is -2.09. The molecule has 8 heteroatoms. The minimum Gasteiger partial charge on any atom is -0.369 e. The molecular weight excluding hydrogens is 302 g/mol. The van der Waals surface area contributed by atoms with Gasteiger partial charge in [-0.1, -0.05) is 25.6 Å². The van der Waals surface area contributed by atoms with Crippen LogP contribution in [0.15, 0.2) is 23.1 Å². The third-order valence-electron chi connectivity index (χ3n) is 2.83. The van der Waals surface area contributed by atoms with Crippen molar-refractivity contribution in [1.82, 2.24) is 14.7 Å². The first-order chi connectivity index (χ1) is 10.4. The molecule has 1 aliphatic rings. The van der Waals surface area contributed by atoms with Gasteiger partial charge in [-0.3, -0.25) is 19.2 Å². The Balaban J connectivity index is 2.25. The van der Waals surface area contributed by atoms with Gasteiger partial charge in [0.25, 0.3) is 5.91 Å². The van der Waals surface area contributed by atoms with Crippen molar-refractivity contribution in [1.29, 1.82) is 0 Å². The number of aryl methyl sites for hydroxylation is 1. The Morgan fingerprint density at radius 1 is 1.50 bits per heavy atom. The molecule has 0 atom stereocenters. The summed E-state index contributed by atoms with van der Waals surface area (Å²) >= 11 is 1.18. The number of nitrogens with two attached hydrogens (primary N) is 1. The van der Waals surface area contributed by atoms with Crippen LogP contribution in [0.25, 0.3) is 6.08 Å². The number of carbonyl (C=O) groups excluding carboxylic acids is 2. The molecule has 1 aromatic heterocycles. The van der Waals surface area contributed by atoms with Gasteiger partial charge < -0.3 is 5.73 Å². The van der Waals surface area contributed by atoms with Crippen LogP contribution < -0.4 is 5.73 Å². The molecule has 118 valence electrons. The molecule has 22 heavy (non-hydrogen) atoms. The van der Waals surface area contributed by atoms with Gasteiger partial charge in [0.2, 0.25) is 5.91 Å². The predicted molar refractivity (Wildman–Crippen MR) is 86.8 cm³/mol.